The van der Waals surface area contributed by atoms with E-state index in [-0.39, 0.29) is 108 Å². The van der Waals surface area contributed by atoms with E-state index in [9.17, 15) is 0 Å². The van der Waals surface area contributed by atoms with Crippen LogP contribution in [0.1, 0.15) is 0 Å². The summed E-state index contributed by atoms with van der Waals surface area (Å²) < 4.78 is 0. The third kappa shape index (κ3) is 184. The second-order valence-electron chi connectivity index (χ2n) is 0. The van der Waals surface area contributed by atoms with Crippen molar-refractivity contribution in [3.8, 4) is 0 Å². The zero-order chi connectivity index (χ0) is 0. The molecule has 10 heteroatoms. The fraction of sp³-hybridized carbons (Fsp3) is 0. The molecule has 0 aromatic rings. The zero-order valence-corrected chi connectivity index (χ0v) is 11.3. The Bertz CT molecular complexity index is 17.7. The van der Waals surface area contributed by atoms with Crippen molar-refractivity contribution in [1.82, 2.24) is 0 Å². The van der Waals surface area contributed by atoms with E-state index in [1.165, 1.54) is 0 Å². The van der Waals surface area contributed by atoms with Gasteiger partial charge in [-0.3, -0.25) is 0 Å². The first-order valence-electron chi connectivity index (χ1n) is 0. The molecule has 0 heterocycles. The van der Waals surface area contributed by atoms with Crippen molar-refractivity contribution in [2.24, 2.45) is 0 Å². The van der Waals surface area contributed by atoms with Gasteiger partial charge in [-0.15, -0.1) is 0 Å². The number of rotatable bonds is 0. The van der Waals surface area contributed by atoms with E-state index in [1.807, 2.05) is 0 Å². The Labute approximate surface area is 108 Å². The van der Waals surface area contributed by atoms with Gasteiger partial charge in [0, 0.05) is 0 Å². The fourth-order valence-electron chi connectivity index (χ4n) is 0. The average Bonchev–Trinajstić information content (AvgIpc) is 0. The zero-order valence-electron chi connectivity index (χ0n) is 4.42. The molecule has 0 spiro atoms. The summed E-state index contributed by atoms with van der Waals surface area (Å²) in [5, 5.41) is 0. The maximum atomic E-state index is 0. The molecule has 6 nitrogen and oxygen atoms in total. The molecule has 0 aliphatic heterocycles. The van der Waals surface area contributed by atoms with Crippen molar-refractivity contribution in [2.45, 2.75) is 0 Å². The smallest absolute Gasteiger partial charge is 2.00 e. The van der Waals surface area contributed by atoms with Crippen molar-refractivity contribution in [3.63, 3.8) is 0 Å². The first-order valence-corrected chi connectivity index (χ1v) is 0. The van der Waals surface area contributed by atoms with Crippen LogP contribution in [-0.4, -0.2) is 0 Å². The Balaban J connectivity index is 0. The minimum atomic E-state index is 0. The van der Waals surface area contributed by atoms with E-state index in [4.69, 9.17) is 0 Å². The predicted molar refractivity (Wildman–Crippen MR) is 4.12 cm³/mol. The third-order valence-corrected chi connectivity index (χ3v) is 0. The Morgan fingerprint density at radius 2 is 0.500 bits per heavy atom. The monoisotopic (exact) mass is 316 g/mol. The molecule has 0 saturated carbocycles. The molecule has 0 fully saturated rings. The van der Waals surface area contributed by atoms with Gasteiger partial charge in [-0.1, -0.05) is 0 Å². The Morgan fingerprint density at radius 3 is 0.500 bits per heavy atom. The molecule has 0 rings (SSSR count). The van der Waals surface area contributed by atoms with E-state index >= 15 is 0 Å². The Morgan fingerprint density at radius 1 is 0.500 bits per heavy atom. The van der Waals surface area contributed by atoms with E-state index in [1.54, 1.807) is 0 Å². The van der Waals surface area contributed by atoms with Gasteiger partial charge in [0.1, 0.15) is 0 Å². The van der Waals surface area contributed by atoms with E-state index < -0.39 is 0 Å². The molecule has 0 aromatic carbocycles. The van der Waals surface area contributed by atoms with Crippen LogP contribution in [0.15, 0.2) is 0 Å². The van der Waals surface area contributed by atoms with Crippen LogP contribution in [0, 0.1) is 0 Å². The Hall–Kier alpha value is 2.15. The molecule has 0 aliphatic rings. The average molecular weight is 317 g/mol. The maximum absolute atomic E-state index is 0. The molecule has 10 heavy (non-hydrogen) atoms. The summed E-state index contributed by atoms with van der Waals surface area (Å²) >= 11 is 0. The van der Waals surface area contributed by atoms with Crippen molar-refractivity contribution >= 4 is 0 Å². The normalized spacial score (nSPS) is 0. The number of hydrogen-bond donors (Lipinski definition) is 0. The summed E-state index contributed by atoms with van der Waals surface area (Å²) in [4.78, 5) is 0. The fourth-order valence-corrected chi connectivity index (χ4v) is 0. The molecule has 56 valence electrons. The van der Waals surface area contributed by atoms with Gasteiger partial charge in [-0.05, 0) is 0 Å². The molecule has 0 amide bonds. The molecule has 0 aromatic heterocycles. The van der Waals surface area contributed by atoms with Crippen LogP contribution in [0.3, 0.4) is 0 Å². The molecule has 0 unspecified atom stereocenters. The van der Waals surface area contributed by atoms with Gasteiger partial charge >= 0.3 is 75.6 Å². The van der Waals surface area contributed by atoms with Crippen LogP contribution in [0.5, 0.6) is 0 Å². The van der Waals surface area contributed by atoms with Crippen LogP contribution in [0.4, 0.5) is 0 Å². The van der Waals surface area contributed by atoms with Gasteiger partial charge in [0.05, 0.1) is 0 Å². The summed E-state index contributed by atoms with van der Waals surface area (Å²) in [5.74, 6) is 0. The molecule has 0 N–H and O–H groups in total. The van der Waals surface area contributed by atoms with Crippen molar-refractivity contribution < 1.29 is 108 Å². The van der Waals surface area contributed by atoms with Crippen LogP contribution in [0.2, 0.25) is 0 Å². The first-order chi connectivity index (χ1) is 0. The van der Waals surface area contributed by atoms with Crippen molar-refractivity contribution in [2.75, 3.05) is 0 Å². The summed E-state index contributed by atoms with van der Waals surface area (Å²) in [6.45, 7) is 0. The minimum Gasteiger partial charge on any atom is -2.00 e. The van der Waals surface area contributed by atoms with Crippen molar-refractivity contribution in [3.05, 3.63) is 0 Å². The molecule has 2 radical (unpaired) electrons. The van der Waals surface area contributed by atoms with Crippen LogP contribution in [-0.2, 0) is 108 Å². The second-order valence-corrected chi connectivity index (χ2v) is 0. The van der Waals surface area contributed by atoms with E-state index in [0.717, 1.165) is 0 Å². The third-order valence-electron chi connectivity index (χ3n) is 0. The predicted octanol–water partition coefficient (Wildman–Crippen LogP) is -0.723. The molecule has 0 saturated heterocycles. The van der Waals surface area contributed by atoms with Crippen LogP contribution in [0.25, 0.3) is 0 Å². The SMILES string of the molecule is [Cr+3].[Fe+3].[O-2].[O-2].[O-2].[O-2].[O-2].[O-2].[Ti+4].[Zn+2]. The summed E-state index contributed by atoms with van der Waals surface area (Å²) in [6.07, 6.45) is 0. The van der Waals surface area contributed by atoms with Gasteiger partial charge in [0.15, 0.2) is 0 Å². The van der Waals surface area contributed by atoms with Gasteiger partial charge in [-0.25, -0.2) is 0 Å². The molecular formula is CrFeO6TiZn. The first kappa shape index (κ1) is 327. The van der Waals surface area contributed by atoms with Gasteiger partial charge in [0.2, 0.25) is 0 Å². The largest absolute Gasteiger partial charge is 4.00 e. The van der Waals surface area contributed by atoms with Crippen LogP contribution >= 0.6 is 0 Å². The molecule has 0 bridgehead atoms. The maximum Gasteiger partial charge on any atom is 4.00 e. The summed E-state index contributed by atoms with van der Waals surface area (Å²) in [5.41, 5.74) is 0. The summed E-state index contributed by atoms with van der Waals surface area (Å²) in [7, 11) is 0. The molecular weight excluding hydrogens is 317 g/mol. The number of hydrogen-bond acceptors (Lipinski definition) is 0. The van der Waals surface area contributed by atoms with E-state index in [2.05, 4.69) is 0 Å². The van der Waals surface area contributed by atoms with Gasteiger partial charge < -0.3 is 32.9 Å². The van der Waals surface area contributed by atoms with Gasteiger partial charge in [-0.2, -0.15) is 0 Å². The quantitative estimate of drug-likeness (QED) is 0.513. The Kier molecular flexibility index (Phi) is 8120. The molecule has 0 atom stereocenters. The van der Waals surface area contributed by atoms with Crippen molar-refractivity contribution in [1.29, 1.82) is 0 Å². The van der Waals surface area contributed by atoms with Crippen LogP contribution < -0.4 is 0 Å². The molecule has 0 aliphatic carbocycles. The van der Waals surface area contributed by atoms with Gasteiger partial charge in [0.25, 0.3) is 0 Å². The second kappa shape index (κ2) is 249. The van der Waals surface area contributed by atoms with E-state index in [0.29, 0.717) is 0 Å². The minimum absolute atomic E-state index is 0. The summed E-state index contributed by atoms with van der Waals surface area (Å²) in [6, 6.07) is 0. The topological polar surface area (TPSA) is 171 Å². The standard InChI is InChI=1S/Cr.Fe.6O.Ti.Zn/q2*+3;6*-2;+4;+2.